The number of carboxylic acid groups (broad SMARTS) is 1. The van der Waals surface area contributed by atoms with Crippen molar-refractivity contribution >= 4 is 22.0 Å². The summed E-state index contributed by atoms with van der Waals surface area (Å²) in [7, 11) is -2.56. The first-order valence-electron chi connectivity index (χ1n) is 5.80. The average Bonchev–Trinajstić information content (AvgIpc) is 2.44. The zero-order chi connectivity index (χ0) is 16.0. The van der Waals surface area contributed by atoms with Crippen LogP contribution in [0.2, 0.25) is 0 Å². The summed E-state index contributed by atoms with van der Waals surface area (Å²) in [5.74, 6) is -2.45. The molecule has 3 N–H and O–H groups in total. The number of aliphatic hydroxyl groups is 1. The number of carbonyl (C=O) groups excluding carboxylic acids is 1. The maximum Gasteiger partial charge on any atom is 0.337 e. The fourth-order valence-electron chi connectivity index (χ4n) is 1.42. The van der Waals surface area contributed by atoms with Crippen LogP contribution < -0.4 is 4.72 Å². The number of carbonyl (C=O) groups is 2. The van der Waals surface area contributed by atoms with Gasteiger partial charge < -0.3 is 14.9 Å². The number of aliphatic hydroxyl groups excluding tert-OH is 1. The highest BCUT2D eigenvalue weighted by Gasteiger charge is 2.18. The second-order valence-electron chi connectivity index (χ2n) is 4.15. The van der Waals surface area contributed by atoms with E-state index in [1.54, 1.807) is 0 Å². The van der Waals surface area contributed by atoms with Gasteiger partial charge in [0.15, 0.2) is 6.10 Å². The first-order chi connectivity index (χ1) is 9.75. The molecule has 0 aliphatic rings. The van der Waals surface area contributed by atoms with Gasteiger partial charge in [0.05, 0.1) is 18.4 Å². The number of aliphatic carboxylic acids is 1. The van der Waals surface area contributed by atoms with E-state index in [1.807, 2.05) is 4.72 Å². The topological polar surface area (TPSA) is 130 Å². The van der Waals surface area contributed by atoms with Crippen molar-refractivity contribution in [3.63, 3.8) is 0 Å². The van der Waals surface area contributed by atoms with Gasteiger partial charge in [-0.05, 0) is 17.7 Å². The molecule has 0 saturated heterocycles. The molecular formula is C12H15NO7S. The largest absolute Gasteiger partial charge is 0.479 e. The van der Waals surface area contributed by atoms with E-state index in [9.17, 15) is 18.0 Å². The number of methoxy groups -OCH3 is 1. The molecule has 8 nitrogen and oxygen atoms in total. The lowest BCUT2D eigenvalue weighted by Crippen LogP contribution is -2.37. The lowest BCUT2D eigenvalue weighted by molar-refractivity contribution is -0.146. The number of hydrogen-bond acceptors (Lipinski definition) is 6. The molecule has 0 fully saturated rings. The lowest BCUT2D eigenvalue weighted by atomic mass is 10.1. The molecule has 1 aromatic carbocycles. The van der Waals surface area contributed by atoms with Crippen molar-refractivity contribution in [3.05, 3.63) is 35.4 Å². The molecule has 0 bridgehead atoms. The van der Waals surface area contributed by atoms with E-state index in [2.05, 4.69) is 4.74 Å². The van der Waals surface area contributed by atoms with E-state index < -0.39 is 40.4 Å². The van der Waals surface area contributed by atoms with Crippen LogP contribution in [0.15, 0.2) is 24.3 Å². The summed E-state index contributed by atoms with van der Waals surface area (Å²) in [6, 6.07) is 5.73. The Morgan fingerprint density at radius 1 is 1.29 bits per heavy atom. The lowest BCUT2D eigenvalue weighted by Gasteiger charge is -2.09. The Kier molecular flexibility index (Phi) is 5.82. The summed E-state index contributed by atoms with van der Waals surface area (Å²) in [6.45, 7) is -0.613. The number of carboxylic acids is 1. The Balaban J connectivity index is 2.67. The minimum Gasteiger partial charge on any atom is -0.479 e. The van der Waals surface area contributed by atoms with Crippen molar-refractivity contribution < 1.29 is 33.0 Å². The summed E-state index contributed by atoms with van der Waals surface area (Å²) < 4.78 is 29.9. The van der Waals surface area contributed by atoms with Crippen LogP contribution in [0.5, 0.6) is 0 Å². The summed E-state index contributed by atoms with van der Waals surface area (Å²) in [5, 5.41) is 17.4. The number of benzene rings is 1. The second kappa shape index (κ2) is 7.16. The molecule has 0 spiro atoms. The van der Waals surface area contributed by atoms with Gasteiger partial charge in [0.2, 0.25) is 10.0 Å². The first-order valence-corrected chi connectivity index (χ1v) is 7.46. The van der Waals surface area contributed by atoms with E-state index in [1.165, 1.54) is 31.4 Å². The Labute approximate surface area is 121 Å². The normalized spacial score (nSPS) is 12.7. The van der Waals surface area contributed by atoms with Crippen LogP contribution in [0.25, 0.3) is 0 Å². The minimum atomic E-state index is -3.79. The van der Waals surface area contributed by atoms with Gasteiger partial charge >= 0.3 is 11.9 Å². The van der Waals surface area contributed by atoms with Crippen LogP contribution in [0.3, 0.4) is 0 Å². The third-order valence-electron chi connectivity index (χ3n) is 2.51. The van der Waals surface area contributed by atoms with E-state index >= 15 is 0 Å². The molecular weight excluding hydrogens is 302 g/mol. The van der Waals surface area contributed by atoms with E-state index in [0.29, 0.717) is 5.56 Å². The fraction of sp³-hybridized carbons (Fsp3) is 0.333. The van der Waals surface area contributed by atoms with Crippen molar-refractivity contribution in [3.8, 4) is 0 Å². The Morgan fingerprint density at radius 3 is 2.33 bits per heavy atom. The van der Waals surface area contributed by atoms with E-state index in [0.717, 1.165) is 0 Å². The zero-order valence-electron chi connectivity index (χ0n) is 11.1. The van der Waals surface area contributed by atoms with Gasteiger partial charge in [-0.3, -0.25) is 0 Å². The summed E-state index contributed by atoms with van der Waals surface area (Å²) >= 11 is 0. The van der Waals surface area contributed by atoms with E-state index in [4.69, 9.17) is 10.2 Å². The molecule has 21 heavy (non-hydrogen) atoms. The number of rotatable bonds is 7. The standard InChI is InChI=1S/C12H15NO7S/c1-20-12(17)9-4-2-8(3-5-9)7-21(18,19)13-6-10(14)11(15)16/h2-5,10,13-14H,6-7H2,1H3,(H,15,16)/t10-/m0/s1. The molecule has 1 aromatic rings. The molecule has 0 radical (unpaired) electrons. The minimum absolute atomic E-state index is 0.285. The quantitative estimate of drug-likeness (QED) is 0.569. The van der Waals surface area contributed by atoms with Gasteiger partial charge in [-0.1, -0.05) is 12.1 Å². The van der Waals surface area contributed by atoms with Crippen molar-refractivity contribution in [2.75, 3.05) is 13.7 Å². The maximum absolute atomic E-state index is 11.7. The molecule has 116 valence electrons. The Bertz CT molecular complexity index is 609. The second-order valence-corrected chi connectivity index (χ2v) is 5.96. The van der Waals surface area contributed by atoms with Crippen LogP contribution in [0, 0.1) is 0 Å². The number of sulfonamides is 1. The van der Waals surface area contributed by atoms with Gasteiger partial charge in [0.25, 0.3) is 0 Å². The van der Waals surface area contributed by atoms with Gasteiger partial charge in [0.1, 0.15) is 0 Å². The van der Waals surface area contributed by atoms with Crippen LogP contribution in [0.1, 0.15) is 15.9 Å². The van der Waals surface area contributed by atoms with Crippen LogP contribution in [0.4, 0.5) is 0 Å². The van der Waals surface area contributed by atoms with Crippen LogP contribution in [-0.4, -0.2) is 50.3 Å². The highest BCUT2D eigenvalue weighted by Crippen LogP contribution is 2.08. The van der Waals surface area contributed by atoms with Gasteiger partial charge in [0, 0.05) is 6.54 Å². The highest BCUT2D eigenvalue weighted by molar-refractivity contribution is 7.88. The third kappa shape index (κ3) is 5.50. The highest BCUT2D eigenvalue weighted by atomic mass is 32.2. The molecule has 0 heterocycles. The van der Waals surface area contributed by atoms with Gasteiger partial charge in [-0.25, -0.2) is 22.7 Å². The molecule has 0 aliphatic carbocycles. The number of hydrogen-bond donors (Lipinski definition) is 3. The Hall–Kier alpha value is -1.97. The number of nitrogens with one attached hydrogen (secondary N) is 1. The SMILES string of the molecule is COC(=O)c1ccc(CS(=O)(=O)NC[C@H](O)C(=O)O)cc1. The van der Waals surface area contributed by atoms with Crippen LogP contribution >= 0.6 is 0 Å². The predicted octanol–water partition coefficient (Wildman–Crippen LogP) is -0.662. The first kappa shape index (κ1) is 17.1. The van der Waals surface area contributed by atoms with Crippen molar-refractivity contribution in [1.29, 1.82) is 0 Å². The molecule has 0 amide bonds. The maximum atomic E-state index is 11.7. The molecule has 1 atom stereocenters. The number of ether oxygens (including phenoxy) is 1. The van der Waals surface area contributed by atoms with Crippen LogP contribution in [-0.2, 0) is 25.3 Å². The fourth-order valence-corrected chi connectivity index (χ4v) is 2.56. The zero-order valence-corrected chi connectivity index (χ0v) is 12.0. The van der Waals surface area contributed by atoms with Crippen molar-refractivity contribution in [2.24, 2.45) is 0 Å². The van der Waals surface area contributed by atoms with Gasteiger partial charge in [-0.15, -0.1) is 0 Å². The molecule has 1 rings (SSSR count). The summed E-state index contributed by atoms with van der Waals surface area (Å²) in [4.78, 5) is 21.6. The van der Waals surface area contributed by atoms with E-state index in [-0.39, 0.29) is 5.56 Å². The number of esters is 1. The van der Waals surface area contributed by atoms with Gasteiger partial charge in [-0.2, -0.15) is 0 Å². The monoisotopic (exact) mass is 317 g/mol. The van der Waals surface area contributed by atoms with Crippen molar-refractivity contribution in [2.45, 2.75) is 11.9 Å². The molecule has 0 saturated carbocycles. The average molecular weight is 317 g/mol. The summed E-state index contributed by atoms with van der Waals surface area (Å²) in [5.41, 5.74) is 0.688. The molecule has 0 aliphatic heterocycles. The predicted molar refractivity (Wildman–Crippen MR) is 72.1 cm³/mol. The molecule has 9 heteroatoms. The van der Waals surface area contributed by atoms with Crippen molar-refractivity contribution in [1.82, 2.24) is 4.72 Å². The third-order valence-corrected chi connectivity index (χ3v) is 3.83. The Morgan fingerprint density at radius 2 is 1.86 bits per heavy atom. The molecule has 0 unspecified atom stereocenters. The summed E-state index contributed by atoms with van der Waals surface area (Å²) in [6.07, 6.45) is -1.80. The smallest absolute Gasteiger partial charge is 0.337 e. The molecule has 0 aromatic heterocycles.